The van der Waals surface area contributed by atoms with Gasteiger partial charge in [-0.15, -0.1) is 0 Å². The van der Waals surface area contributed by atoms with Crippen LogP contribution in [0.15, 0.2) is 42.5 Å². The van der Waals surface area contributed by atoms with Crippen LogP contribution < -0.4 is 10.0 Å². The zero-order chi connectivity index (χ0) is 17.7. The van der Waals surface area contributed by atoms with Crippen LogP contribution >= 0.6 is 11.6 Å². The van der Waals surface area contributed by atoms with Gasteiger partial charge in [-0.05, 0) is 55.3 Å². The first kappa shape index (κ1) is 18.3. The van der Waals surface area contributed by atoms with Crippen molar-refractivity contribution in [1.29, 1.82) is 0 Å². The summed E-state index contributed by atoms with van der Waals surface area (Å²) in [5.41, 5.74) is 2.22. The highest BCUT2D eigenvalue weighted by atomic mass is 35.5. The Bertz CT molecular complexity index is 851. The number of hydrogen-bond acceptors (Lipinski definition) is 3. The summed E-state index contributed by atoms with van der Waals surface area (Å²) in [5.74, 6) is -0.287. The number of halogens is 1. The van der Waals surface area contributed by atoms with E-state index in [1.54, 1.807) is 43.3 Å². The molecule has 0 atom stereocenters. The summed E-state index contributed by atoms with van der Waals surface area (Å²) in [5, 5.41) is 3.39. The number of rotatable bonds is 6. The number of sulfonamides is 1. The van der Waals surface area contributed by atoms with Gasteiger partial charge in [0.05, 0.1) is 5.75 Å². The minimum atomic E-state index is -3.39. The van der Waals surface area contributed by atoms with Gasteiger partial charge in [0, 0.05) is 22.0 Å². The lowest BCUT2D eigenvalue weighted by molar-refractivity contribution is 0.102. The van der Waals surface area contributed by atoms with Crippen LogP contribution in [0.25, 0.3) is 0 Å². The van der Waals surface area contributed by atoms with Gasteiger partial charge in [0.1, 0.15) is 0 Å². The van der Waals surface area contributed by atoms with Crippen LogP contribution in [0.2, 0.25) is 5.02 Å². The molecule has 0 saturated heterocycles. The number of anilines is 2. The molecule has 0 aromatic heterocycles. The van der Waals surface area contributed by atoms with E-state index >= 15 is 0 Å². The topological polar surface area (TPSA) is 75.3 Å². The maximum atomic E-state index is 12.4. The van der Waals surface area contributed by atoms with Crippen molar-refractivity contribution in [3.63, 3.8) is 0 Å². The van der Waals surface area contributed by atoms with E-state index in [4.69, 9.17) is 11.6 Å². The predicted octanol–water partition coefficient (Wildman–Crippen LogP) is 4.05. The minimum Gasteiger partial charge on any atom is -0.322 e. The number of carbonyl (C=O) groups excluding carboxylic acids is 1. The van der Waals surface area contributed by atoms with Crippen molar-refractivity contribution in [3.8, 4) is 0 Å². The molecule has 2 N–H and O–H groups in total. The molecule has 128 valence electrons. The van der Waals surface area contributed by atoms with E-state index in [1.807, 2.05) is 6.92 Å². The second-order valence-electron chi connectivity index (χ2n) is 5.42. The third-order valence-corrected chi connectivity index (χ3v) is 5.04. The van der Waals surface area contributed by atoms with E-state index in [1.165, 1.54) is 6.07 Å². The van der Waals surface area contributed by atoms with Crippen molar-refractivity contribution in [2.45, 2.75) is 20.3 Å². The van der Waals surface area contributed by atoms with Crippen LogP contribution in [0.5, 0.6) is 0 Å². The van der Waals surface area contributed by atoms with Crippen LogP contribution in [0.3, 0.4) is 0 Å². The summed E-state index contributed by atoms with van der Waals surface area (Å²) in [7, 11) is -3.39. The van der Waals surface area contributed by atoms with Gasteiger partial charge in [0.25, 0.3) is 5.91 Å². The molecule has 2 aromatic carbocycles. The number of nitrogens with one attached hydrogen (secondary N) is 2. The van der Waals surface area contributed by atoms with Crippen molar-refractivity contribution in [2.75, 3.05) is 15.8 Å². The maximum absolute atomic E-state index is 12.4. The normalized spacial score (nSPS) is 11.1. The third kappa shape index (κ3) is 4.97. The highest BCUT2D eigenvalue weighted by Crippen LogP contribution is 2.21. The molecule has 0 radical (unpaired) electrons. The van der Waals surface area contributed by atoms with Crippen molar-refractivity contribution in [2.24, 2.45) is 0 Å². The Morgan fingerprint density at radius 1 is 1.17 bits per heavy atom. The summed E-state index contributed by atoms with van der Waals surface area (Å²) in [4.78, 5) is 12.4. The van der Waals surface area contributed by atoms with Crippen LogP contribution in [0, 0.1) is 6.92 Å². The SMILES string of the molecule is CCCS(=O)(=O)Nc1cccc(C(=O)Nc2ccc(Cl)cc2C)c1. The monoisotopic (exact) mass is 366 g/mol. The average Bonchev–Trinajstić information content (AvgIpc) is 2.49. The van der Waals surface area contributed by atoms with Gasteiger partial charge in [0.15, 0.2) is 0 Å². The fraction of sp³-hybridized carbons (Fsp3) is 0.235. The van der Waals surface area contributed by atoms with Crippen molar-refractivity contribution in [1.82, 2.24) is 0 Å². The average molecular weight is 367 g/mol. The molecular formula is C17H19ClN2O3S. The van der Waals surface area contributed by atoms with Crippen LogP contribution in [-0.2, 0) is 10.0 Å². The lowest BCUT2D eigenvalue weighted by Gasteiger charge is -2.11. The number of amides is 1. The van der Waals surface area contributed by atoms with Crippen molar-refractivity contribution in [3.05, 3.63) is 58.6 Å². The number of hydrogen-bond donors (Lipinski definition) is 2. The Kier molecular flexibility index (Phi) is 5.85. The zero-order valence-corrected chi connectivity index (χ0v) is 15.0. The van der Waals surface area contributed by atoms with E-state index in [2.05, 4.69) is 10.0 Å². The second kappa shape index (κ2) is 7.68. The third-order valence-electron chi connectivity index (χ3n) is 3.31. The van der Waals surface area contributed by atoms with E-state index in [-0.39, 0.29) is 11.7 Å². The standard InChI is InChI=1S/C17H19ClN2O3S/c1-3-9-24(22,23)20-15-6-4-5-13(11-15)17(21)19-16-8-7-14(18)10-12(16)2/h4-8,10-11,20H,3,9H2,1-2H3,(H,19,21). The first-order valence-electron chi connectivity index (χ1n) is 7.49. The summed E-state index contributed by atoms with van der Waals surface area (Å²) < 4.78 is 26.1. The van der Waals surface area contributed by atoms with Gasteiger partial charge in [-0.3, -0.25) is 9.52 Å². The molecule has 7 heteroatoms. The molecule has 5 nitrogen and oxygen atoms in total. The summed E-state index contributed by atoms with van der Waals surface area (Å²) >= 11 is 5.90. The van der Waals surface area contributed by atoms with Crippen LogP contribution in [-0.4, -0.2) is 20.1 Å². The molecule has 24 heavy (non-hydrogen) atoms. The fourth-order valence-electron chi connectivity index (χ4n) is 2.19. The Hall–Kier alpha value is -2.05. The molecule has 0 aliphatic carbocycles. The van der Waals surface area contributed by atoms with Gasteiger partial charge < -0.3 is 5.32 Å². The summed E-state index contributed by atoms with van der Waals surface area (Å²) in [6.45, 7) is 3.63. The Morgan fingerprint density at radius 3 is 2.58 bits per heavy atom. The Balaban J connectivity index is 2.17. The first-order valence-corrected chi connectivity index (χ1v) is 9.52. The molecule has 0 saturated carbocycles. The first-order chi connectivity index (χ1) is 11.3. The molecule has 0 heterocycles. The second-order valence-corrected chi connectivity index (χ2v) is 7.69. The quantitative estimate of drug-likeness (QED) is 0.809. The molecule has 0 fully saturated rings. The number of aryl methyl sites for hydroxylation is 1. The molecule has 2 rings (SSSR count). The lowest BCUT2D eigenvalue weighted by atomic mass is 10.1. The largest absolute Gasteiger partial charge is 0.322 e. The van der Waals surface area contributed by atoms with Gasteiger partial charge >= 0.3 is 0 Å². The fourth-order valence-corrected chi connectivity index (χ4v) is 3.54. The lowest BCUT2D eigenvalue weighted by Crippen LogP contribution is -2.17. The van der Waals surface area contributed by atoms with Gasteiger partial charge in [-0.1, -0.05) is 24.6 Å². The molecule has 1 amide bonds. The van der Waals surface area contributed by atoms with E-state index in [0.29, 0.717) is 28.4 Å². The van der Waals surface area contributed by atoms with E-state index in [0.717, 1.165) is 5.56 Å². The highest BCUT2D eigenvalue weighted by molar-refractivity contribution is 7.92. The summed E-state index contributed by atoms with van der Waals surface area (Å²) in [6.07, 6.45) is 0.519. The van der Waals surface area contributed by atoms with Gasteiger partial charge in [0.2, 0.25) is 10.0 Å². The minimum absolute atomic E-state index is 0.0351. The smallest absolute Gasteiger partial charge is 0.255 e. The molecule has 2 aromatic rings. The summed E-state index contributed by atoms with van der Waals surface area (Å²) in [6, 6.07) is 11.5. The molecule has 0 bridgehead atoms. The molecular weight excluding hydrogens is 348 g/mol. The molecule has 0 aliphatic rings. The van der Waals surface area contributed by atoms with E-state index < -0.39 is 10.0 Å². The molecule has 0 unspecified atom stereocenters. The Labute approximate surface area is 147 Å². The highest BCUT2D eigenvalue weighted by Gasteiger charge is 2.12. The zero-order valence-electron chi connectivity index (χ0n) is 13.5. The van der Waals surface area contributed by atoms with Gasteiger partial charge in [-0.25, -0.2) is 8.42 Å². The van der Waals surface area contributed by atoms with Crippen molar-refractivity contribution < 1.29 is 13.2 Å². The maximum Gasteiger partial charge on any atom is 0.255 e. The van der Waals surface area contributed by atoms with E-state index in [9.17, 15) is 13.2 Å². The number of benzene rings is 2. The Morgan fingerprint density at radius 2 is 1.92 bits per heavy atom. The van der Waals surface area contributed by atoms with Crippen LogP contribution in [0.4, 0.5) is 11.4 Å². The van der Waals surface area contributed by atoms with Crippen LogP contribution in [0.1, 0.15) is 29.3 Å². The predicted molar refractivity (Wildman–Crippen MR) is 98.3 cm³/mol. The van der Waals surface area contributed by atoms with Crippen molar-refractivity contribution >= 4 is 38.9 Å². The molecule has 0 aliphatic heterocycles. The van der Waals surface area contributed by atoms with Gasteiger partial charge in [-0.2, -0.15) is 0 Å². The number of carbonyl (C=O) groups is 1. The molecule has 0 spiro atoms.